The van der Waals surface area contributed by atoms with Gasteiger partial charge >= 0.3 is 0 Å². The van der Waals surface area contributed by atoms with E-state index in [2.05, 4.69) is 47.3 Å². The number of carbonyl (C=O) groups is 1. The van der Waals surface area contributed by atoms with E-state index in [9.17, 15) is 4.79 Å². The van der Waals surface area contributed by atoms with E-state index in [0.29, 0.717) is 5.56 Å². The molecular formula is C26H32N6O. The van der Waals surface area contributed by atoms with Gasteiger partial charge in [-0.2, -0.15) is 5.10 Å². The molecule has 172 valence electrons. The smallest absolute Gasteiger partial charge is 0.257 e. The molecule has 2 aliphatic rings. The van der Waals surface area contributed by atoms with Gasteiger partial charge in [-0.15, -0.1) is 0 Å². The summed E-state index contributed by atoms with van der Waals surface area (Å²) < 4.78 is 1.71. The van der Waals surface area contributed by atoms with E-state index in [4.69, 9.17) is 9.97 Å². The largest absolute Gasteiger partial charge is 0.356 e. The Morgan fingerprint density at radius 1 is 1.06 bits per heavy atom. The number of benzene rings is 1. The van der Waals surface area contributed by atoms with E-state index in [0.717, 1.165) is 74.8 Å². The molecule has 0 spiro atoms. The van der Waals surface area contributed by atoms with Crippen molar-refractivity contribution in [2.45, 2.75) is 52.0 Å². The minimum atomic E-state index is -0.0843. The molecule has 5 rings (SSSR count). The molecule has 7 nitrogen and oxygen atoms in total. The van der Waals surface area contributed by atoms with Crippen molar-refractivity contribution in [2.24, 2.45) is 7.05 Å². The molecule has 2 aliphatic heterocycles. The fourth-order valence-electron chi connectivity index (χ4n) is 5.23. The fraction of sp³-hybridized carbons (Fsp3) is 0.462. The Morgan fingerprint density at radius 2 is 1.88 bits per heavy atom. The number of rotatable bonds is 5. The SMILES string of the molecule is Cc1nn(C)cc1C(=O)N1CCC[C@@H]1c1nc(C)c2c(n1)N(CCc1ccccc1)CCC2. The Hall–Kier alpha value is -3.22. The Morgan fingerprint density at radius 3 is 2.64 bits per heavy atom. The summed E-state index contributed by atoms with van der Waals surface area (Å²) in [4.78, 5) is 27.8. The summed E-state index contributed by atoms with van der Waals surface area (Å²) in [6.45, 7) is 6.67. The molecule has 1 saturated heterocycles. The second-order valence-electron chi connectivity index (χ2n) is 9.25. The third kappa shape index (κ3) is 4.24. The number of aryl methyl sites for hydroxylation is 3. The lowest BCUT2D eigenvalue weighted by atomic mass is 10.0. The highest BCUT2D eigenvalue weighted by molar-refractivity contribution is 5.95. The molecule has 0 unspecified atom stereocenters. The topological polar surface area (TPSA) is 67.2 Å². The lowest BCUT2D eigenvalue weighted by Crippen LogP contribution is -2.35. The number of nitrogens with zero attached hydrogens (tertiary/aromatic N) is 6. The van der Waals surface area contributed by atoms with Crippen molar-refractivity contribution in [1.82, 2.24) is 24.6 Å². The molecule has 0 saturated carbocycles. The summed E-state index contributed by atoms with van der Waals surface area (Å²) in [5.74, 6) is 1.88. The minimum absolute atomic E-state index is 0.0306. The number of fused-ring (bicyclic) bond motifs is 1. The lowest BCUT2D eigenvalue weighted by Gasteiger charge is -2.32. The van der Waals surface area contributed by atoms with Gasteiger partial charge in [-0.1, -0.05) is 30.3 Å². The molecule has 0 N–H and O–H groups in total. The van der Waals surface area contributed by atoms with E-state index in [1.54, 1.807) is 4.68 Å². The van der Waals surface area contributed by atoms with Gasteiger partial charge in [-0.05, 0) is 51.5 Å². The van der Waals surface area contributed by atoms with E-state index in [1.807, 2.05) is 25.1 Å². The maximum Gasteiger partial charge on any atom is 0.257 e. The van der Waals surface area contributed by atoms with Gasteiger partial charge in [0.05, 0.1) is 17.3 Å². The Kier molecular flexibility index (Phi) is 5.87. The van der Waals surface area contributed by atoms with Crippen molar-refractivity contribution in [3.8, 4) is 0 Å². The summed E-state index contributed by atoms with van der Waals surface area (Å²) in [7, 11) is 1.85. The summed E-state index contributed by atoms with van der Waals surface area (Å²) in [6, 6.07) is 10.5. The van der Waals surface area contributed by atoms with Crippen molar-refractivity contribution >= 4 is 11.7 Å². The number of hydrogen-bond acceptors (Lipinski definition) is 5. The monoisotopic (exact) mass is 444 g/mol. The number of hydrogen-bond donors (Lipinski definition) is 0. The zero-order valence-electron chi connectivity index (χ0n) is 19.8. The van der Waals surface area contributed by atoms with Crippen LogP contribution in [0.1, 0.15) is 64.0 Å². The summed E-state index contributed by atoms with van der Waals surface area (Å²) in [5, 5.41) is 4.36. The first kappa shape index (κ1) is 21.6. The third-order valence-electron chi connectivity index (χ3n) is 6.93. The van der Waals surface area contributed by atoms with Gasteiger partial charge < -0.3 is 9.80 Å². The molecule has 1 atom stereocenters. The number of aromatic nitrogens is 4. The van der Waals surface area contributed by atoms with Crippen LogP contribution in [-0.2, 0) is 19.9 Å². The quantitative estimate of drug-likeness (QED) is 0.599. The van der Waals surface area contributed by atoms with E-state index in [-0.39, 0.29) is 11.9 Å². The van der Waals surface area contributed by atoms with Crippen LogP contribution in [0.15, 0.2) is 36.5 Å². The van der Waals surface area contributed by atoms with Crippen molar-refractivity contribution in [2.75, 3.05) is 24.5 Å². The highest BCUT2D eigenvalue weighted by atomic mass is 16.2. The van der Waals surface area contributed by atoms with Crippen LogP contribution >= 0.6 is 0 Å². The van der Waals surface area contributed by atoms with Gasteiger partial charge in [-0.25, -0.2) is 9.97 Å². The first-order valence-corrected chi connectivity index (χ1v) is 12.0. The standard InChI is InChI=1S/C26H32N6O/c1-18-21-11-7-14-31(16-13-20-9-5-4-6-10-20)25(21)28-24(27-18)23-12-8-15-32(23)26(33)22-17-30(3)29-19(22)2/h4-6,9-10,17,23H,7-8,11-16H2,1-3H3/t23-/m1/s1. The van der Waals surface area contributed by atoms with Gasteiger partial charge in [0.1, 0.15) is 5.82 Å². The maximum atomic E-state index is 13.4. The van der Waals surface area contributed by atoms with E-state index in [1.165, 1.54) is 11.1 Å². The highest BCUT2D eigenvalue weighted by Crippen LogP contribution is 2.35. The first-order chi connectivity index (χ1) is 16.0. The van der Waals surface area contributed by atoms with Gasteiger partial charge in [0.2, 0.25) is 0 Å². The van der Waals surface area contributed by atoms with E-state index >= 15 is 0 Å². The molecule has 33 heavy (non-hydrogen) atoms. The predicted octanol–water partition coefficient (Wildman–Crippen LogP) is 3.80. The zero-order valence-corrected chi connectivity index (χ0v) is 19.8. The number of anilines is 1. The summed E-state index contributed by atoms with van der Waals surface area (Å²) in [6.07, 6.45) is 6.82. The molecule has 1 fully saturated rings. The third-order valence-corrected chi connectivity index (χ3v) is 6.93. The van der Waals surface area contributed by atoms with Crippen LogP contribution in [0.3, 0.4) is 0 Å². The van der Waals surface area contributed by atoms with Crippen molar-refractivity contribution in [3.63, 3.8) is 0 Å². The molecule has 0 radical (unpaired) electrons. The molecule has 7 heteroatoms. The molecular weight excluding hydrogens is 412 g/mol. The molecule has 1 amide bonds. The molecule has 1 aromatic carbocycles. The van der Waals surface area contributed by atoms with Crippen LogP contribution in [0.4, 0.5) is 5.82 Å². The second-order valence-corrected chi connectivity index (χ2v) is 9.25. The van der Waals surface area contributed by atoms with Crippen LogP contribution in [0.25, 0.3) is 0 Å². The van der Waals surface area contributed by atoms with Crippen LogP contribution in [0, 0.1) is 13.8 Å². The summed E-state index contributed by atoms with van der Waals surface area (Å²) >= 11 is 0. The molecule has 2 aromatic heterocycles. The zero-order chi connectivity index (χ0) is 22.9. The molecule has 3 aromatic rings. The van der Waals surface area contributed by atoms with Crippen molar-refractivity contribution in [3.05, 3.63) is 70.4 Å². The van der Waals surface area contributed by atoms with Crippen LogP contribution < -0.4 is 4.90 Å². The molecule has 0 bridgehead atoms. The lowest BCUT2D eigenvalue weighted by molar-refractivity contribution is 0.0729. The van der Waals surface area contributed by atoms with Gasteiger partial charge in [0, 0.05) is 44.1 Å². The van der Waals surface area contributed by atoms with Crippen molar-refractivity contribution in [1.29, 1.82) is 0 Å². The Labute approximate surface area is 195 Å². The average Bonchev–Trinajstić information content (AvgIpc) is 3.44. The molecule has 0 aliphatic carbocycles. The summed E-state index contributed by atoms with van der Waals surface area (Å²) in [5.41, 5.74) is 5.09. The molecule has 4 heterocycles. The van der Waals surface area contributed by atoms with Gasteiger partial charge in [0.15, 0.2) is 5.82 Å². The van der Waals surface area contributed by atoms with Gasteiger partial charge in [0.25, 0.3) is 5.91 Å². The van der Waals surface area contributed by atoms with E-state index < -0.39 is 0 Å². The maximum absolute atomic E-state index is 13.4. The number of carbonyl (C=O) groups excluding carboxylic acids is 1. The average molecular weight is 445 g/mol. The predicted molar refractivity (Wildman–Crippen MR) is 128 cm³/mol. The normalized spacial score (nSPS) is 18.0. The fourth-order valence-corrected chi connectivity index (χ4v) is 5.23. The van der Waals surface area contributed by atoms with Crippen LogP contribution in [0.5, 0.6) is 0 Å². The number of amides is 1. The Bertz CT molecular complexity index is 1160. The van der Waals surface area contributed by atoms with Crippen molar-refractivity contribution < 1.29 is 4.79 Å². The Balaban J connectivity index is 1.42. The number of likely N-dealkylation sites (tertiary alicyclic amines) is 1. The first-order valence-electron chi connectivity index (χ1n) is 12.0. The second kappa shape index (κ2) is 8.96. The van der Waals surface area contributed by atoms with Crippen LogP contribution in [0.2, 0.25) is 0 Å². The van der Waals surface area contributed by atoms with Crippen LogP contribution in [-0.4, -0.2) is 50.2 Å². The minimum Gasteiger partial charge on any atom is -0.356 e. The highest BCUT2D eigenvalue weighted by Gasteiger charge is 2.35. The van der Waals surface area contributed by atoms with Gasteiger partial charge in [-0.3, -0.25) is 9.48 Å².